The summed E-state index contributed by atoms with van der Waals surface area (Å²) in [5.41, 5.74) is 3.12. The maximum atomic E-state index is 13.1. The highest BCUT2D eigenvalue weighted by atomic mass is 16.4. The predicted octanol–water partition coefficient (Wildman–Crippen LogP) is 3.20. The normalized spacial score (nSPS) is 14.2. The number of rotatable bonds is 3. The first-order valence-corrected chi connectivity index (χ1v) is 7.76. The number of amides is 1. The molecule has 0 radical (unpaired) electrons. The number of hydrogen-bond acceptors (Lipinski definition) is 3. The van der Waals surface area contributed by atoms with Crippen molar-refractivity contribution >= 4 is 17.6 Å². The van der Waals surface area contributed by atoms with E-state index < -0.39 is 5.97 Å². The molecule has 1 N–H and O–H groups in total. The van der Waals surface area contributed by atoms with Gasteiger partial charge in [-0.15, -0.1) is 0 Å². The summed E-state index contributed by atoms with van der Waals surface area (Å²) in [7, 11) is 0. The Morgan fingerprint density at radius 2 is 2.04 bits per heavy atom. The lowest BCUT2D eigenvalue weighted by molar-refractivity contribution is -0.136. The van der Waals surface area contributed by atoms with Crippen LogP contribution in [-0.4, -0.2) is 23.5 Å². The zero-order valence-corrected chi connectivity index (χ0v) is 13.0. The third kappa shape index (κ3) is 2.99. The van der Waals surface area contributed by atoms with Crippen LogP contribution in [0.4, 0.5) is 5.69 Å². The van der Waals surface area contributed by atoms with Crippen molar-refractivity contribution < 1.29 is 19.1 Å². The van der Waals surface area contributed by atoms with Crippen molar-refractivity contribution in [2.24, 2.45) is 0 Å². The SMILES string of the molecule is Cc1coc(CC(=O)O)c1C(=O)N1CCCCc2ccccc21. The summed E-state index contributed by atoms with van der Waals surface area (Å²) in [6, 6.07) is 7.89. The molecule has 0 saturated carbocycles. The van der Waals surface area contributed by atoms with E-state index in [1.54, 1.807) is 11.8 Å². The summed E-state index contributed by atoms with van der Waals surface area (Å²) in [5.74, 6) is -0.965. The van der Waals surface area contributed by atoms with Crippen molar-refractivity contribution in [1.82, 2.24) is 0 Å². The van der Waals surface area contributed by atoms with Crippen LogP contribution in [0.2, 0.25) is 0 Å². The molecular formula is C18H19NO4. The number of aliphatic carboxylic acids is 1. The molecule has 1 aromatic carbocycles. The van der Waals surface area contributed by atoms with Gasteiger partial charge in [-0.25, -0.2) is 0 Å². The quantitative estimate of drug-likeness (QED) is 0.944. The molecular weight excluding hydrogens is 294 g/mol. The molecule has 2 aromatic rings. The van der Waals surface area contributed by atoms with Crippen LogP contribution in [0.3, 0.4) is 0 Å². The van der Waals surface area contributed by atoms with Crippen LogP contribution in [0.25, 0.3) is 0 Å². The maximum Gasteiger partial charge on any atom is 0.311 e. The molecule has 0 fully saturated rings. The number of carbonyl (C=O) groups is 2. The van der Waals surface area contributed by atoms with Gasteiger partial charge in [0.05, 0.1) is 11.8 Å². The van der Waals surface area contributed by atoms with Crippen molar-refractivity contribution in [2.75, 3.05) is 11.4 Å². The number of hydrogen-bond donors (Lipinski definition) is 1. The number of carbonyl (C=O) groups excluding carboxylic acids is 1. The lowest BCUT2D eigenvalue weighted by atomic mass is 10.1. The van der Waals surface area contributed by atoms with Gasteiger partial charge >= 0.3 is 5.97 Å². The maximum absolute atomic E-state index is 13.1. The minimum Gasteiger partial charge on any atom is -0.481 e. The van der Waals surface area contributed by atoms with Crippen molar-refractivity contribution in [1.29, 1.82) is 0 Å². The van der Waals surface area contributed by atoms with Gasteiger partial charge in [0.25, 0.3) is 5.91 Å². The van der Waals surface area contributed by atoms with Crippen LogP contribution in [0.15, 0.2) is 34.9 Å². The monoisotopic (exact) mass is 313 g/mol. The van der Waals surface area contributed by atoms with Gasteiger partial charge in [-0.2, -0.15) is 0 Å². The second kappa shape index (κ2) is 6.28. The van der Waals surface area contributed by atoms with Crippen molar-refractivity contribution in [2.45, 2.75) is 32.6 Å². The van der Waals surface area contributed by atoms with Gasteiger partial charge in [0.1, 0.15) is 12.2 Å². The van der Waals surface area contributed by atoms with E-state index in [4.69, 9.17) is 9.52 Å². The van der Waals surface area contributed by atoms with Gasteiger partial charge in [0.15, 0.2) is 0 Å². The smallest absolute Gasteiger partial charge is 0.311 e. The zero-order chi connectivity index (χ0) is 16.4. The Bertz CT molecular complexity index is 747. The number of carboxylic acid groups (broad SMARTS) is 1. The summed E-state index contributed by atoms with van der Waals surface area (Å²) in [6.07, 6.45) is 4.07. The van der Waals surface area contributed by atoms with Crippen molar-refractivity contribution in [3.8, 4) is 0 Å². The van der Waals surface area contributed by atoms with E-state index in [-0.39, 0.29) is 18.1 Å². The molecule has 0 unspecified atom stereocenters. The molecule has 1 aliphatic heterocycles. The van der Waals surface area contributed by atoms with Gasteiger partial charge < -0.3 is 14.4 Å². The van der Waals surface area contributed by atoms with Crippen molar-refractivity contribution in [3.63, 3.8) is 0 Å². The number of nitrogens with zero attached hydrogens (tertiary/aromatic N) is 1. The Hall–Kier alpha value is -2.56. The summed E-state index contributed by atoms with van der Waals surface area (Å²) >= 11 is 0. The fourth-order valence-corrected chi connectivity index (χ4v) is 3.09. The van der Waals surface area contributed by atoms with Crippen LogP contribution >= 0.6 is 0 Å². The van der Waals surface area contributed by atoms with E-state index in [0.717, 1.165) is 30.5 Å². The summed E-state index contributed by atoms with van der Waals surface area (Å²) in [4.78, 5) is 25.8. The highest BCUT2D eigenvalue weighted by Crippen LogP contribution is 2.29. The molecule has 120 valence electrons. The molecule has 0 spiro atoms. The highest BCUT2D eigenvalue weighted by molar-refractivity contribution is 6.08. The lowest BCUT2D eigenvalue weighted by Gasteiger charge is -2.23. The Labute approximate surface area is 134 Å². The Balaban J connectivity index is 2.01. The number of para-hydroxylation sites is 1. The number of fused-ring (bicyclic) bond motifs is 1. The Kier molecular flexibility index (Phi) is 4.19. The largest absolute Gasteiger partial charge is 0.481 e. The average molecular weight is 313 g/mol. The first kappa shape index (κ1) is 15.3. The molecule has 0 bridgehead atoms. The molecule has 2 heterocycles. The molecule has 0 atom stereocenters. The van der Waals surface area contributed by atoms with Gasteiger partial charge in [0, 0.05) is 17.8 Å². The van der Waals surface area contributed by atoms with E-state index >= 15 is 0 Å². The van der Waals surface area contributed by atoms with Crippen molar-refractivity contribution in [3.05, 3.63) is 53.0 Å². The molecule has 3 rings (SSSR count). The van der Waals surface area contributed by atoms with Crippen LogP contribution in [-0.2, 0) is 17.6 Å². The summed E-state index contributed by atoms with van der Waals surface area (Å²) in [5, 5.41) is 9.01. The second-order valence-electron chi connectivity index (χ2n) is 5.83. The second-order valence-corrected chi connectivity index (χ2v) is 5.83. The molecule has 5 nitrogen and oxygen atoms in total. The van der Waals surface area contributed by atoms with Crippen LogP contribution in [0, 0.1) is 6.92 Å². The van der Waals surface area contributed by atoms with Gasteiger partial charge in [-0.3, -0.25) is 9.59 Å². The first-order chi connectivity index (χ1) is 11.1. The van der Waals surface area contributed by atoms with Gasteiger partial charge in [-0.05, 0) is 37.8 Å². The lowest BCUT2D eigenvalue weighted by Crippen LogP contribution is -2.32. The summed E-state index contributed by atoms with van der Waals surface area (Å²) < 4.78 is 5.31. The minimum atomic E-state index is -1.01. The molecule has 0 saturated heterocycles. The number of carboxylic acids is 1. The minimum absolute atomic E-state index is 0.179. The molecule has 0 aliphatic carbocycles. The highest BCUT2D eigenvalue weighted by Gasteiger charge is 2.27. The van der Waals surface area contributed by atoms with E-state index in [9.17, 15) is 9.59 Å². The van der Waals surface area contributed by atoms with Crippen LogP contribution < -0.4 is 4.90 Å². The number of benzene rings is 1. The van der Waals surface area contributed by atoms with E-state index in [0.29, 0.717) is 17.7 Å². The van der Waals surface area contributed by atoms with Gasteiger partial charge in [-0.1, -0.05) is 18.2 Å². The van der Waals surface area contributed by atoms with Crippen LogP contribution in [0.1, 0.15) is 40.1 Å². The zero-order valence-electron chi connectivity index (χ0n) is 13.0. The molecule has 5 heteroatoms. The Morgan fingerprint density at radius 3 is 2.83 bits per heavy atom. The van der Waals surface area contributed by atoms with Crippen LogP contribution in [0.5, 0.6) is 0 Å². The van der Waals surface area contributed by atoms with Gasteiger partial charge in [0.2, 0.25) is 0 Å². The Morgan fingerprint density at radius 1 is 1.26 bits per heavy atom. The standard InChI is InChI=1S/C18H19NO4/c1-12-11-23-15(10-16(20)21)17(12)18(22)19-9-5-4-7-13-6-2-3-8-14(13)19/h2-3,6,8,11H,4-5,7,9-10H2,1H3,(H,20,21). The third-order valence-electron chi connectivity index (χ3n) is 4.18. The molecule has 1 amide bonds. The van der Waals surface area contributed by atoms with E-state index in [1.165, 1.54) is 6.26 Å². The third-order valence-corrected chi connectivity index (χ3v) is 4.18. The fourth-order valence-electron chi connectivity index (χ4n) is 3.09. The van der Waals surface area contributed by atoms with E-state index in [2.05, 4.69) is 0 Å². The predicted molar refractivity (Wildman–Crippen MR) is 85.8 cm³/mol. The number of furan rings is 1. The fraction of sp³-hybridized carbons (Fsp3) is 0.333. The number of anilines is 1. The molecule has 23 heavy (non-hydrogen) atoms. The number of aryl methyl sites for hydroxylation is 2. The summed E-state index contributed by atoms with van der Waals surface area (Å²) in [6.45, 7) is 2.40. The van der Waals surface area contributed by atoms with E-state index in [1.807, 2.05) is 24.3 Å². The first-order valence-electron chi connectivity index (χ1n) is 7.76. The molecule has 1 aromatic heterocycles. The topological polar surface area (TPSA) is 70.7 Å². The average Bonchev–Trinajstić information content (AvgIpc) is 2.75. The molecule has 1 aliphatic rings.